The SMILES string of the molecule is CCOc1ccc(NC(=O)N(C)CC(=O)O)cc1. The summed E-state index contributed by atoms with van der Waals surface area (Å²) in [6.45, 7) is 2.12. The first-order chi connectivity index (χ1) is 8.52. The molecule has 1 aromatic rings. The Bertz CT molecular complexity index is 417. The fourth-order valence-corrected chi connectivity index (χ4v) is 1.29. The van der Waals surface area contributed by atoms with Gasteiger partial charge in [-0.3, -0.25) is 4.79 Å². The largest absolute Gasteiger partial charge is 0.494 e. The zero-order valence-corrected chi connectivity index (χ0v) is 10.3. The molecule has 0 saturated heterocycles. The number of nitrogens with zero attached hydrogens (tertiary/aromatic N) is 1. The third-order valence-corrected chi connectivity index (χ3v) is 2.14. The third-order valence-electron chi connectivity index (χ3n) is 2.14. The summed E-state index contributed by atoms with van der Waals surface area (Å²) in [6, 6.07) is 6.38. The van der Waals surface area contributed by atoms with E-state index >= 15 is 0 Å². The van der Waals surface area contributed by atoms with E-state index in [-0.39, 0.29) is 6.54 Å². The van der Waals surface area contributed by atoms with Crippen molar-refractivity contribution in [2.45, 2.75) is 6.92 Å². The summed E-state index contributed by atoms with van der Waals surface area (Å²) in [5.41, 5.74) is 0.584. The van der Waals surface area contributed by atoms with Crippen molar-refractivity contribution >= 4 is 17.7 Å². The summed E-state index contributed by atoms with van der Waals surface area (Å²) < 4.78 is 5.27. The van der Waals surface area contributed by atoms with Crippen LogP contribution in [0.15, 0.2) is 24.3 Å². The van der Waals surface area contributed by atoms with Crippen LogP contribution in [0, 0.1) is 0 Å². The minimum atomic E-state index is -1.06. The van der Waals surface area contributed by atoms with Crippen LogP contribution < -0.4 is 10.1 Å². The highest BCUT2D eigenvalue weighted by atomic mass is 16.5. The molecule has 0 aliphatic heterocycles. The molecule has 98 valence electrons. The minimum Gasteiger partial charge on any atom is -0.494 e. The van der Waals surface area contributed by atoms with Gasteiger partial charge < -0.3 is 20.1 Å². The van der Waals surface area contributed by atoms with E-state index in [4.69, 9.17) is 9.84 Å². The standard InChI is InChI=1S/C12H16N2O4/c1-3-18-10-6-4-9(5-7-10)13-12(17)14(2)8-11(15)16/h4-7H,3,8H2,1-2H3,(H,13,17)(H,15,16). The number of likely N-dealkylation sites (N-methyl/N-ethyl adjacent to an activating group) is 1. The number of nitrogens with one attached hydrogen (secondary N) is 1. The predicted molar refractivity (Wildman–Crippen MR) is 66.9 cm³/mol. The molecule has 0 aromatic heterocycles. The van der Waals surface area contributed by atoms with Crippen molar-refractivity contribution in [3.63, 3.8) is 0 Å². The molecule has 1 aromatic carbocycles. The molecular weight excluding hydrogens is 236 g/mol. The number of hydrogen-bond donors (Lipinski definition) is 2. The Hall–Kier alpha value is -2.24. The predicted octanol–water partition coefficient (Wildman–Crippen LogP) is 1.63. The second-order valence-electron chi connectivity index (χ2n) is 3.64. The van der Waals surface area contributed by atoms with E-state index in [9.17, 15) is 9.59 Å². The van der Waals surface area contributed by atoms with Gasteiger partial charge in [0.15, 0.2) is 0 Å². The van der Waals surface area contributed by atoms with E-state index in [1.54, 1.807) is 24.3 Å². The molecular formula is C12H16N2O4. The maximum atomic E-state index is 11.6. The van der Waals surface area contributed by atoms with Crippen molar-refractivity contribution < 1.29 is 19.4 Å². The van der Waals surface area contributed by atoms with Crippen molar-refractivity contribution in [2.75, 3.05) is 25.5 Å². The summed E-state index contributed by atoms with van der Waals surface area (Å²) >= 11 is 0. The zero-order valence-electron chi connectivity index (χ0n) is 10.3. The number of carbonyl (C=O) groups is 2. The number of hydrogen-bond acceptors (Lipinski definition) is 3. The van der Waals surface area contributed by atoms with Crippen molar-refractivity contribution in [3.05, 3.63) is 24.3 Å². The van der Waals surface area contributed by atoms with Gasteiger partial charge in [-0.2, -0.15) is 0 Å². The topological polar surface area (TPSA) is 78.9 Å². The molecule has 0 heterocycles. The van der Waals surface area contributed by atoms with Gasteiger partial charge in [0.05, 0.1) is 6.61 Å². The summed E-state index contributed by atoms with van der Waals surface area (Å²) in [4.78, 5) is 23.1. The molecule has 2 N–H and O–H groups in total. The average Bonchev–Trinajstić information content (AvgIpc) is 2.31. The first-order valence-corrected chi connectivity index (χ1v) is 5.49. The van der Waals surface area contributed by atoms with Gasteiger partial charge in [-0.15, -0.1) is 0 Å². The Morgan fingerprint density at radius 2 is 1.94 bits per heavy atom. The highest BCUT2D eigenvalue weighted by molar-refractivity contribution is 5.91. The van der Waals surface area contributed by atoms with Gasteiger partial charge in [-0.1, -0.05) is 0 Å². The highest BCUT2D eigenvalue weighted by Gasteiger charge is 2.11. The molecule has 0 saturated carbocycles. The third kappa shape index (κ3) is 4.32. The second-order valence-corrected chi connectivity index (χ2v) is 3.64. The quantitative estimate of drug-likeness (QED) is 0.834. The number of urea groups is 1. The molecule has 6 heteroatoms. The molecule has 2 amide bonds. The first-order valence-electron chi connectivity index (χ1n) is 5.49. The van der Waals surface area contributed by atoms with Crippen molar-refractivity contribution in [2.24, 2.45) is 0 Å². The minimum absolute atomic E-state index is 0.344. The van der Waals surface area contributed by atoms with Crippen LogP contribution in [-0.2, 0) is 4.79 Å². The van der Waals surface area contributed by atoms with E-state index in [1.807, 2.05) is 6.92 Å². The van der Waals surface area contributed by atoms with E-state index in [0.717, 1.165) is 10.6 Å². The smallest absolute Gasteiger partial charge is 0.323 e. The van der Waals surface area contributed by atoms with E-state index < -0.39 is 12.0 Å². The molecule has 0 aliphatic carbocycles. The fraction of sp³-hybridized carbons (Fsp3) is 0.333. The Balaban J connectivity index is 2.56. The normalized spacial score (nSPS) is 9.67. The van der Waals surface area contributed by atoms with Crippen LogP contribution in [0.1, 0.15) is 6.92 Å². The monoisotopic (exact) mass is 252 g/mol. The number of amides is 2. The number of anilines is 1. The van der Waals surface area contributed by atoms with Gasteiger partial charge in [0.25, 0.3) is 0 Å². The van der Waals surface area contributed by atoms with Crippen molar-refractivity contribution in [1.29, 1.82) is 0 Å². The molecule has 0 bridgehead atoms. The lowest BCUT2D eigenvalue weighted by molar-refractivity contribution is -0.137. The molecule has 0 radical (unpaired) electrons. The molecule has 0 unspecified atom stereocenters. The van der Waals surface area contributed by atoms with E-state index in [1.165, 1.54) is 7.05 Å². The lowest BCUT2D eigenvalue weighted by Crippen LogP contribution is -2.35. The van der Waals surface area contributed by atoms with Crippen LogP contribution in [0.5, 0.6) is 5.75 Å². The number of benzene rings is 1. The van der Waals surface area contributed by atoms with Crippen LogP contribution in [-0.4, -0.2) is 42.2 Å². The number of carboxylic acids is 1. The van der Waals surface area contributed by atoms with Crippen molar-refractivity contribution in [1.82, 2.24) is 4.90 Å². The Labute approximate surface area is 105 Å². The molecule has 0 fully saturated rings. The summed E-state index contributed by atoms with van der Waals surface area (Å²) in [5.74, 6) is -0.339. The van der Waals surface area contributed by atoms with Crippen molar-refractivity contribution in [3.8, 4) is 5.75 Å². The summed E-state index contributed by atoms with van der Waals surface area (Å²) in [5, 5.41) is 11.1. The average molecular weight is 252 g/mol. The van der Waals surface area contributed by atoms with Crippen LogP contribution in [0.3, 0.4) is 0 Å². The van der Waals surface area contributed by atoms with Gasteiger partial charge in [-0.05, 0) is 31.2 Å². The highest BCUT2D eigenvalue weighted by Crippen LogP contribution is 2.15. The molecule has 0 atom stereocenters. The summed E-state index contributed by atoms with van der Waals surface area (Å²) in [7, 11) is 1.41. The van der Waals surface area contributed by atoms with E-state index in [0.29, 0.717) is 12.3 Å². The van der Waals surface area contributed by atoms with Gasteiger partial charge >= 0.3 is 12.0 Å². The van der Waals surface area contributed by atoms with E-state index in [2.05, 4.69) is 5.32 Å². The van der Waals surface area contributed by atoms with Crippen LogP contribution in [0.4, 0.5) is 10.5 Å². The lowest BCUT2D eigenvalue weighted by atomic mass is 10.3. The Morgan fingerprint density at radius 3 is 2.44 bits per heavy atom. The van der Waals surface area contributed by atoms with Gasteiger partial charge in [-0.25, -0.2) is 4.79 Å². The Kier molecular flexibility index (Phi) is 4.98. The molecule has 0 aliphatic rings. The zero-order chi connectivity index (χ0) is 13.5. The van der Waals surface area contributed by atoms with Crippen LogP contribution in [0.25, 0.3) is 0 Å². The Morgan fingerprint density at radius 1 is 1.33 bits per heavy atom. The van der Waals surface area contributed by atoms with Gasteiger partial charge in [0.1, 0.15) is 12.3 Å². The number of aliphatic carboxylic acids is 1. The van der Waals surface area contributed by atoms with Crippen LogP contribution in [0.2, 0.25) is 0 Å². The number of carbonyl (C=O) groups excluding carboxylic acids is 1. The maximum absolute atomic E-state index is 11.6. The second kappa shape index (κ2) is 6.48. The van der Waals surface area contributed by atoms with Gasteiger partial charge in [0.2, 0.25) is 0 Å². The number of ether oxygens (including phenoxy) is 1. The maximum Gasteiger partial charge on any atom is 0.323 e. The molecule has 0 spiro atoms. The number of rotatable bonds is 5. The number of carboxylic acid groups (broad SMARTS) is 1. The van der Waals surface area contributed by atoms with Gasteiger partial charge in [0, 0.05) is 12.7 Å². The molecule has 1 rings (SSSR count). The summed E-state index contributed by atoms with van der Waals surface area (Å²) in [6.07, 6.45) is 0. The fourth-order valence-electron chi connectivity index (χ4n) is 1.29. The first kappa shape index (κ1) is 13.8. The molecule has 18 heavy (non-hydrogen) atoms. The lowest BCUT2D eigenvalue weighted by Gasteiger charge is -2.15. The molecule has 6 nitrogen and oxygen atoms in total. The van der Waals surface area contributed by atoms with Crippen LogP contribution >= 0.6 is 0 Å².